The maximum Gasteiger partial charge on any atom is 0.138 e. The predicted molar refractivity (Wildman–Crippen MR) is 84.0 cm³/mol. The van der Waals surface area contributed by atoms with E-state index in [1.165, 1.54) is 11.1 Å². The van der Waals surface area contributed by atoms with Crippen LogP contribution in [0, 0.1) is 0 Å². The topological polar surface area (TPSA) is 55.6 Å². The van der Waals surface area contributed by atoms with Gasteiger partial charge in [0, 0.05) is 31.4 Å². The van der Waals surface area contributed by atoms with Crippen LogP contribution in [-0.2, 0) is 19.4 Å². The molecule has 0 radical (unpaired) electrons. The molecule has 2 rings (SSSR count). The molecule has 2 heterocycles. The second kappa shape index (κ2) is 7.88. The van der Waals surface area contributed by atoms with Crippen molar-refractivity contribution in [1.82, 2.24) is 25.1 Å². The Morgan fingerprint density at radius 3 is 2.86 bits per heavy atom. The van der Waals surface area contributed by atoms with Crippen LogP contribution in [0.1, 0.15) is 50.2 Å². The summed E-state index contributed by atoms with van der Waals surface area (Å²) in [5, 5.41) is 7.89. The summed E-state index contributed by atoms with van der Waals surface area (Å²) in [6.45, 7) is 8.31. The molecule has 1 atom stereocenters. The third-order valence-corrected chi connectivity index (χ3v) is 3.67. The number of hydrogen-bond donors (Lipinski definition) is 1. The lowest BCUT2D eigenvalue weighted by Gasteiger charge is -2.20. The number of pyridine rings is 1. The summed E-state index contributed by atoms with van der Waals surface area (Å²) >= 11 is 0. The first-order valence-corrected chi connectivity index (χ1v) is 7.82. The van der Waals surface area contributed by atoms with Crippen molar-refractivity contribution in [3.63, 3.8) is 0 Å². The number of nitrogens with one attached hydrogen (secondary N) is 1. The molecular weight excluding hydrogens is 262 g/mol. The standard InChI is InChI=1S/C16H25N5/c1-4-9-21-16(19-12-20-21)10-15(18-6-3)14-7-8-17-11-13(14)5-2/h7-8,11-12,15,18H,4-6,9-10H2,1-3H3. The van der Waals surface area contributed by atoms with E-state index >= 15 is 0 Å². The molecule has 1 unspecified atom stereocenters. The minimum absolute atomic E-state index is 0.257. The van der Waals surface area contributed by atoms with E-state index in [0.717, 1.165) is 38.2 Å². The first kappa shape index (κ1) is 15.6. The summed E-state index contributed by atoms with van der Waals surface area (Å²) < 4.78 is 2.01. The highest BCUT2D eigenvalue weighted by molar-refractivity contribution is 5.27. The minimum atomic E-state index is 0.257. The van der Waals surface area contributed by atoms with Crippen molar-refractivity contribution in [1.29, 1.82) is 0 Å². The molecule has 5 heteroatoms. The second-order valence-electron chi connectivity index (χ2n) is 5.14. The van der Waals surface area contributed by atoms with Gasteiger partial charge in [-0.1, -0.05) is 20.8 Å². The molecule has 0 aliphatic rings. The minimum Gasteiger partial charge on any atom is -0.310 e. The molecule has 2 aromatic heterocycles. The first-order valence-electron chi connectivity index (χ1n) is 7.82. The zero-order chi connectivity index (χ0) is 15.1. The van der Waals surface area contributed by atoms with Crippen LogP contribution in [-0.4, -0.2) is 26.3 Å². The maximum atomic E-state index is 4.43. The van der Waals surface area contributed by atoms with E-state index in [-0.39, 0.29) is 6.04 Å². The van der Waals surface area contributed by atoms with Crippen LogP contribution in [0.25, 0.3) is 0 Å². The van der Waals surface area contributed by atoms with Crippen LogP contribution in [0.15, 0.2) is 24.8 Å². The monoisotopic (exact) mass is 287 g/mol. The Bertz CT molecular complexity index is 549. The van der Waals surface area contributed by atoms with Crippen molar-refractivity contribution in [2.45, 2.75) is 52.6 Å². The zero-order valence-electron chi connectivity index (χ0n) is 13.2. The highest BCUT2D eigenvalue weighted by Crippen LogP contribution is 2.21. The average molecular weight is 287 g/mol. The average Bonchev–Trinajstić information content (AvgIpc) is 2.94. The third-order valence-electron chi connectivity index (χ3n) is 3.67. The molecule has 0 bridgehead atoms. The van der Waals surface area contributed by atoms with Gasteiger partial charge in [-0.25, -0.2) is 4.98 Å². The number of aryl methyl sites for hydroxylation is 2. The van der Waals surface area contributed by atoms with Gasteiger partial charge in [0.2, 0.25) is 0 Å². The SMILES string of the molecule is CCCn1ncnc1CC(NCC)c1ccncc1CC. The molecule has 0 aromatic carbocycles. The normalized spacial score (nSPS) is 12.5. The van der Waals surface area contributed by atoms with Gasteiger partial charge < -0.3 is 5.32 Å². The Morgan fingerprint density at radius 2 is 2.14 bits per heavy atom. The lowest BCUT2D eigenvalue weighted by atomic mass is 9.98. The van der Waals surface area contributed by atoms with Crippen molar-refractivity contribution in [2.24, 2.45) is 0 Å². The molecule has 0 aliphatic carbocycles. The Hall–Kier alpha value is -1.75. The summed E-state index contributed by atoms with van der Waals surface area (Å²) in [7, 11) is 0. The summed E-state index contributed by atoms with van der Waals surface area (Å²) in [6, 6.07) is 2.37. The lowest BCUT2D eigenvalue weighted by Crippen LogP contribution is -2.25. The van der Waals surface area contributed by atoms with Gasteiger partial charge in [0.1, 0.15) is 12.2 Å². The molecule has 114 valence electrons. The van der Waals surface area contributed by atoms with Crippen LogP contribution in [0.5, 0.6) is 0 Å². The Labute approximate surface area is 126 Å². The van der Waals surface area contributed by atoms with Crippen LogP contribution >= 0.6 is 0 Å². The molecule has 5 nitrogen and oxygen atoms in total. The Kier molecular flexibility index (Phi) is 5.87. The molecule has 0 spiro atoms. The third kappa shape index (κ3) is 3.88. The Balaban J connectivity index is 2.24. The largest absolute Gasteiger partial charge is 0.310 e. The molecule has 21 heavy (non-hydrogen) atoms. The van der Waals surface area contributed by atoms with Crippen molar-refractivity contribution in [3.05, 3.63) is 41.7 Å². The lowest BCUT2D eigenvalue weighted by molar-refractivity contribution is 0.496. The van der Waals surface area contributed by atoms with E-state index in [0.29, 0.717) is 0 Å². The summed E-state index contributed by atoms with van der Waals surface area (Å²) in [6.07, 6.45) is 8.41. The van der Waals surface area contributed by atoms with E-state index in [2.05, 4.69) is 47.2 Å². The summed E-state index contributed by atoms with van der Waals surface area (Å²) in [5.41, 5.74) is 2.62. The van der Waals surface area contributed by atoms with Crippen LogP contribution < -0.4 is 5.32 Å². The van der Waals surface area contributed by atoms with Crippen molar-refractivity contribution in [3.8, 4) is 0 Å². The quantitative estimate of drug-likeness (QED) is 0.810. The number of rotatable bonds is 8. The van der Waals surface area contributed by atoms with E-state index in [4.69, 9.17) is 0 Å². The summed E-state index contributed by atoms with van der Waals surface area (Å²) in [5.74, 6) is 1.04. The van der Waals surface area contributed by atoms with Gasteiger partial charge in [-0.15, -0.1) is 0 Å². The van der Waals surface area contributed by atoms with Gasteiger partial charge in [-0.3, -0.25) is 9.67 Å². The number of hydrogen-bond acceptors (Lipinski definition) is 4. The molecule has 0 aliphatic heterocycles. The van der Waals surface area contributed by atoms with Crippen molar-refractivity contribution in [2.75, 3.05) is 6.54 Å². The van der Waals surface area contributed by atoms with Crippen molar-refractivity contribution >= 4 is 0 Å². The van der Waals surface area contributed by atoms with Gasteiger partial charge in [-0.05, 0) is 36.6 Å². The van der Waals surface area contributed by atoms with Gasteiger partial charge >= 0.3 is 0 Å². The van der Waals surface area contributed by atoms with Gasteiger partial charge in [-0.2, -0.15) is 5.10 Å². The fourth-order valence-corrected chi connectivity index (χ4v) is 2.64. The van der Waals surface area contributed by atoms with E-state index in [1.807, 2.05) is 17.1 Å². The summed E-state index contributed by atoms with van der Waals surface area (Å²) in [4.78, 5) is 8.68. The molecule has 2 aromatic rings. The van der Waals surface area contributed by atoms with Crippen LogP contribution in [0.2, 0.25) is 0 Å². The van der Waals surface area contributed by atoms with Crippen molar-refractivity contribution < 1.29 is 0 Å². The highest BCUT2D eigenvalue weighted by atomic mass is 15.3. The molecule has 1 N–H and O–H groups in total. The first-order chi connectivity index (χ1) is 10.3. The second-order valence-corrected chi connectivity index (χ2v) is 5.14. The van der Waals surface area contributed by atoms with Gasteiger partial charge in [0.05, 0.1) is 0 Å². The smallest absolute Gasteiger partial charge is 0.138 e. The van der Waals surface area contributed by atoms with E-state index in [1.54, 1.807) is 6.33 Å². The highest BCUT2D eigenvalue weighted by Gasteiger charge is 2.17. The number of likely N-dealkylation sites (N-methyl/N-ethyl adjacent to an activating group) is 1. The zero-order valence-corrected chi connectivity index (χ0v) is 13.2. The van der Waals surface area contributed by atoms with Crippen LogP contribution in [0.4, 0.5) is 0 Å². The van der Waals surface area contributed by atoms with E-state index < -0.39 is 0 Å². The maximum absolute atomic E-state index is 4.43. The number of aromatic nitrogens is 4. The fraction of sp³-hybridized carbons (Fsp3) is 0.562. The predicted octanol–water partition coefficient (Wildman–Crippen LogP) is 2.54. The molecule has 0 fully saturated rings. The molecular formula is C16H25N5. The molecule has 0 saturated carbocycles. The number of nitrogens with zero attached hydrogens (tertiary/aromatic N) is 4. The van der Waals surface area contributed by atoms with E-state index in [9.17, 15) is 0 Å². The molecule has 0 saturated heterocycles. The Morgan fingerprint density at radius 1 is 1.29 bits per heavy atom. The fourth-order valence-electron chi connectivity index (χ4n) is 2.64. The molecule has 0 amide bonds. The van der Waals surface area contributed by atoms with Crippen LogP contribution in [0.3, 0.4) is 0 Å². The van der Waals surface area contributed by atoms with Gasteiger partial charge in [0.25, 0.3) is 0 Å². The van der Waals surface area contributed by atoms with Gasteiger partial charge in [0.15, 0.2) is 0 Å².